The van der Waals surface area contributed by atoms with Crippen LogP contribution in [0.15, 0.2) is 0 Å². The van der Waals surface area contributed by atoms with Crippen LogP contribution in [0.1, 0.15) is 22.2 Å². The van der Waals surface area contributed by atoms with E-state index in [0.717, 1.165) is 0 Å². The van der Waals surface area contributed by atoms with E-state index in [4.69, 9.17) is 0 Å². The van der Waals surface area contributed by atoms with Crippen molar-refractivity contribution in [3.05, 3.63) is 7.11 Å². The summed E-state index contributed by atoms with van der Waals surface area (Å²) >= 11 is 0. The topological polar surface area (TPSA) is 9.23 Å². The maximum Gasteiger partial charge on any atom is 1.00 e. The SMILES string of the molecule is [CH2-]OC(C)(C)C.[H-].[Li+].[Li+]. The Hall–Kier alpha value is 1.15. The van der Waals surface area contributed by atoms with Crippen LogP contribution in [0.3, 0.4) is 0 Å². The van der Waals surface area contributed by atoms with Crippen molar-refractivity contribution in [2.75, 3.05) is 0 Å². The fourth-order valence-corrected chi connectivity index (χ4v) is 0. The smallest absolute Gasteiger partial charge is 1.00 e. The molecule has 0 fully saturated rings. The first-order valence-electron chi connectivity index (χ1n) is 1.99. The Kier molecular flexibility index (Phi) is 12.6. The Bertz CT molecular complexity index is 44.7. The van der Waals surface area contributed by atoms with Crippen LogP contribution >= 0.6 is 0 Å². The zero-order valence-electron chi connectivity index (χ0n) is 7.62. The summed E-state index contributed by atoms with van der Waals surface area (Å²) in [5.74, 6) is 0. The molecule has 0 aliphatic heterocycles. The first kappa shape index (κ1) is 16.1. The summed E-state index contributed by atoms with van der Waals surface area (Å²) in [4.78, 5) is 0. The van der Waals surface area contributed by atoms with Crippen LogP contribution in [0.2, 0.25) is 0 Å². The molecule has 8 heavy (non-hydrogen) atoms. The van der Waals surface area contributed by atoms with Crippen molar-refractivity contribution in [2.45, 2.75) is 26.4 Å². The zero-order chi connectivity index (χ0) is 5.21. The quantitative estimate of drug-likeness (QED) is 0.222. The van der Waals surface area contributed by atoms with Crippen LogP contribution in [0, 0.1) is 7.11 Å². The van der Waals surface area contributed by atoms with E-state index in [-0.39, 0.29) is 44.7 Å². The van der Waals surface area contributed by atoms with E-state index in [1.165, 1.54) is 0 Å². The van der Waals surface area contributed by atoms with Gasteiger partial charge in [-0.3, -0.25) is 0 Å². The molecule has 1 nitrogen and oxygen atoms in total. The third-order valence-electron chi connectivity index (χ3n) is 0.433. The van der Waals surface area contributed by atoms with Crippen molar-refractivity contribution >= 4 is 0 Å². The molecule has 0 bridgehead atoms. The van der Waals surface area contributed by atoms with Crippen molar-refractivity contribution < 1.29 is 43.9 Å². The molecule has 0 radical (unpaired) electrons. The molecule has 0 saturated heterocycles. The van der Waals surface area contributed by atoms with Crippen LogP contribution in [0.25, 0.3) is 0 Å². The van der Waals surface area contributed by atoms with E-state index < -0.39 is 0 Å². The van der Waals surface area contributed by atoms with Crippen LogP contribution in [0.5, 0.6) is 0 Å². The summed E-state index contributed by atoms with van der Waals surface area (Å²) in [7, 11) is 3.26. The van der Waals surface area contributed by atoms with Gasteiger partial charge in [0.05, 0.1) is 0 Å². The minimum absolute atomic E-state index is 0. The molecule has 0 aromatic carbocycles. The minimum atomic E-state index is -0.0694. The van der Waals surface area contributed by atoms with Crippen LogP contribution in [-0.2, 0) is 4.74 Å². The second-order valence-electron chi connectivity index (χ2n) is 2.26. The summed E-state index contributed by atoms with van der Waals surface area (Å²) in [6, 6.07) is 0. The van der Waals surface area contributed by atoms with Gasteiger partial charge in [-0.05, 0) is 20.8 Å². The first-order valence-corrected chi connectivity index (χ1v) is 1.99. The van der Waals surface area contributed by atoms with E-state index in [1.807, 2.05) is 20.8 Å². The van der Waals surface area contributed by atoms with Gasteiger partial charge in [0, 0.05) is 5.60 Å². The minimum Gasteiger partial charge on any atom is -1.00 e. The van der Waals surface area contributed by atoms with Crippen LogP contribution in [-0.4, -0.2) is 5.60 Å². The molecule has 0 amide bonds. The molecule has 0 unspecified atom stereocenters. The average Bonchev–Trinajstić information content (AvgIpc) is 1.35. The molecule has 0 rings (SSSR count). The fourth-order valence-electron chi connectivity index (χ4n) is 0. The van der Waals surface area contributed by atoms with Crippen LogP contribution in [0.4, 0.5) is 0 Å². The van der Waals surface area contributed by atoms with Crippen molar-refractivity contribution in [2.24, 2.45) is 0 Å². The zero-order valence-corrected chi connectivity index (χ0v) is 6.62. The Morgan fingerprint density at radius 2 is 1.38 bits per heavy atom. The van der Waals surface area contributed by atoms with E-state index in [0.29, 0.717) is 0 Å². The maximum absolute atomic E-state index is 4.69. The standard InChI is InChI=1S/C5H11O.2Li.H/c1-5(2,3)6-4;;;/h4H2,1-3H3;;;/q-1;2*+1;-1. The average molecular weight is 102 g/mol. The normalized spacial score (nSPS) is 9.00. The molecule has 3 heteroatoms. The summed E-state index contributed by atoms with van der Waals surface area (Å²) in [6.07, 6.45) is 0. The summed E-state index contributed by atoms with van der Waals surface area (Å²) in [5, 5.41) is 0. The molecule has 0 saturated carbocycles. The molecule has 0 N–H and O–H groups in total. The summed E-state index contributed by atoms with van der Waals surface area (Å²) < 4.78 is 4.69. The van der Waals surface area contributed by atoms with E-state index in [2.05, 4.69) is 11.8 Å². The van der Waals surface area contributed by atoms with Gasteiger partial charge in [0.1, 0.15) is 0 Å². The van der Waals surface area contributed by atoms with Gasteiger partial charge in [0.2, 0.25) is 0 Å². The second kappa shape index (κ2) is 6.28. The Morgan fingerprint density at radius 3 is 1.38 bits per heavy atom. The second-order valence-corrected chi connectivity index (χ2v) is 2.26. The van der Waals surface area contributed by atoms with E-state index in [1.54, 1.807) is 0 Å². The fraction of sp³-hybridized carbons (Fsp3) is 0.800. The first-order chi connectivity index (χ1) is 2.56. The molecule has 0 aliphatic rings. The molecule has 0 aromatic rings. The van der Waals surface area contributed by atoms with Gasteiger partial charge in [-0.15, -0.1) is 0 Å². The van der Waals surface area contributed by atoms with E-state index in [9.17, 15) is 0 Å². The van der Waals surface area contributed by atoms with Gasteiger partial charge in [0.15, 0.2) is 0 Å². The number of ether oxygens (including phenoxy) is 1. The van der Waals surface area contributed by atoms with Crippen molar-refractivity contribution in [3.8, 4) is 0 Å². The van der Waals surface area contributed by atoms with Gasteiger partial charge >= 0.3 is 37.7 Å². The van der Waals surface area contributed by atoms with Crippen LogP contribution < -0.4 is 37.7 Å². The summed E-state index contributed by atoms with van der Waals surface area (Å²) in [6.45, 7) is 5.88. The van der Waals surface area contributed by atoms with Crippen molar-refractivity contribution in [3.63, 3.8) is 0 Å². The van der Waals surface area contributed by atoms with Gasteiger partial charge in [0.25, 0.3) is 0 Å². The maximum atomic E-state index is 4.69. The Balaban J connectivity index is -0.0000000417. The molecular formula is C5H12Li2O. The molecule has 0 heterocycles. The van der Waals surface area contributed by atoms with Crippen molar-refractivity contribution in [1.82, 2.24) is 0 Å². The van der Waals surface area contributed by atoms with Gasteiger partial charge in [-0.1, -0.05) is 0 Å². The molecular weight excluding hydrogens is 89.9 g/mol. The molecule has 0 aromatic heterocycles. The van der Waals surface area contributed by atoms with Gasteiger partial charge in [-0.25, -0.2) is 7.11 Å². The molecule has 0 spiro atoms. The molecule has 40 valence electrons. The van der Waals surface area contributed by atoms with E-state index >= 15 is 0 Å². The number of hydrogen-bond acceptors (Lipinski definition) is 1. The van der Waals surface area contributed by atoms with Crippen molar-refractivity contribution in [1.29, 1.82) is 0 Å². The molecule has 0 aliphatic carbocycles. The predicted octanol–water partition coefficient (Wildman–Crippen LogP) is -4.29. The predicted molar refractivity (Wildman–Crippen MR) is 27.3 cm³/mol. The largest absolute Gasteiger partial charge is 1.00 e. The van der Waals surface area contributed by atoms with Gasteiger partial charge < -0.3 is 6.16 Å². The number of rotatable bonds is 0. The molecule has 0 atom stereocenters. The summed E-state index contributed by atoms with van der Waals surface area (Å²) in [5.41, 5.74) is -0.0694. The number of hydrogen-bond donors (Lipinski definition) is 0. The van der Waals surface area contributed by atoms with Gasteiger partial charge in [-0.2, -0.15) is 0 Å². The Labute approximate surface area is 77.4 Å². The monoisotopic (exact) mass is 102 g/mol. The third kappa shape index (κ3) is 15.7. The third-order valence-corrected chi connectivity index (χ3v) is 0.433. The Morgan fingerprint density at radius 1 is 1.25 bits per heavy atom.